The van der Waals surface area contributed by atoms with Crippen LogP contribution in [0.4, 0.5) is 0 Å². The Hall–Kier alpha value is -3.67. The molecule has 3 rings (SSSR count). The first-order valence-corrected chi connectivity index (χ1v) is 7.39. The van der Waals surface area contributed by atoms with Crippen LogP contribution in [0.25, 0.3) is 11.1 Å². The van der Waals surface area contributed by atoms with Crippen molar-refractivity contribution in [1.82, 2.24) is 4.98 Å². The average Bonchev–Trinajstić information content (AvgIpc) is 2.61. The highest BCUT2D eigenvalue weighted by atomic mass is 16.5. The number of nitrogens with zero attached hydrogens (tertiary/aromatic N) is 1. The van der Waals surface area contributed by atoms with Gasteiger partial charge in [0, 0.05) is 11.8 Å². The molecule has 0 unspecified atom stereocenters. The molecule has 0 fully saturated rings. The van der Waals surface area contributed by atoms with Gasteiger partial charge in [-0.15, -0.1) is 0 Å². The van der Waals surface area contributed by atoms with Crippen LogP contribution in [0.1, 0.15) is 20.7 Å². The molecule has 0 bridgehead atoms. The van der Waals surface area contributed by atoms with E-state index < -0.39 is 5.91 Å². The summed E-state index contributed by atoms with van der Waals surface area (Å²) < 4.78 is 5.68. The van der Waals surface area contributed by atoms with Crippen LogP contribution in [0, 0.1) is 0 Å². The van der Waals surface area contributed by atoms with Gasteiger partial charge < -0.3 is 15.6 Å². The third kappa shape index (κ3) is 3.64. The van der Waals surface area contributed by atoms with Gasteiger partial charge in [-0.25, -0.2) is 4.98 Å². The third-order valence-electron chi connectivity index (χ3n) is 3.49. The quantitative estimate of drug-likeness (QED) is 0.698. The molecule has 6 nitrogen and oxygen atoms in total. The Morgan fingerprint density at radius 3 is 2.68 bits per heavy atom. The van der Waals surface area contributed by atoms with Crippen molar-refractivity contribution in [2.24, 2.45) is 5.73 Å². The third-order valence-corrected chi connectivity index (χ3v) is 3.49. The highest BCUT2D eigenvalue weighted by Gasteiger charge is 2.11. The SMILES string of the molecule is NC(=O)c1cccnc1Oc1cccc(-c2cc(O)cc(C=O)c2)c1. The van der Waals surface area contributed by atoms with Crippen molar-refractivity contribution >= 4 is 12.2 Å². The second-order valence-electron chi connectivity index (χ2n) is 5.28. The van der Waals surface area contributed by atoms with Crippen molar-refractivity contribution in [2.45, 2.75) is 0 Å². The number of ether oxygens (including phenoxy) is 1. The first-order chi connectivity index (χ1) is 12.1. The van der Waals surface area contributed by atoms with Crippen molar-refractivity contribution in [2.75, 3.05) is 0 Å². The summed E-state index contributed by atoms with van der Waals surface area (Å²) in [6.45, 7) is 0. The summed E-state index contributed by atoms with van der Waals surface area (Å²) in [6, 6.07) is 14.7. The molecule has 1 aromatic heterocycles. The average molecular weight is 334 g/mol. The normalized spacial score (nSPS) is 10.2. The zero-order valence-corrected chi connectivity index (χ0v) is 13.0. The van der Waals surface area contributed by atoms with Crippen molar-refractivity contribution in [3.05, 3.63) is 71.9 Å². The molecule has 3 aromatic rings. The highest BCUT2D eigenvalue weighted by Crippen LogP contribution is 2.30. The molecule has 0 atom stereocenters. The lowest BCUT2D eigenvalue weighted by Crippen LogP contribution is -2.12. The van der Waals surface area contributed by atoms with Crippen LogP contribution in [-0.4, -0.2) is 22.3 Å². The van der Waals surface area contributed by atoms with Gasteiger partial charge >= 0.3 is 0 Å². The number of aldehydes is 1. The van der Waals surface area contributed by atoms with E-state index in [1.165, 1.54) is 18.3 Å². The number of aromatic nitrogens is 1. The van der Waals surface area contributed by atoms with E-state index in [-0.39, 0.29) is 17.2 Å². The van der Waals surface area contributed by atoms with Crippen LogP contribution in [-0.2, 0) is 0 Å². The molecule has 25 heavy (non-hydrogen) atoms. The predicted molar refractivity (Wildman–Crippen MR) is 91.8 cm³/mol. The Morgan fingerprint density at radius 1 is 1.08 bits per heavy atom. The molecule has 1 amide bonds. The second-order valence-corrected chi connectivity index (χ2v) is 5.28. The molecule has 0 spiro atoms. The number of carbonyl (C=O) groups is 2. The molecule has 0 radical (unpaired) electrons. The number of carbonyl (C=O) groups excluding carboxylic acids is 2. The van der Waals surface area contributed by atoms with Crippen LogP contribution < -0.4 is 10.5 Å². The van der Waals surface area contributed by atoms with Gasteiger partial charge in [0.2, 0.25) is 5.88 Å². The van der Waals surface area contributed by atoms with E-state index >= 15 is 0 Å². The number of primary amides is 1. The number of hydrogen-bond donors (Lipinski definition) is 2. The largest absolute Gasteiger partial charge is 0.508 e. The van der Waals surface area contributed by atoms with Gasteiger partial charge in [-0.2, -0.15) is 0 Å². The van der Waals surface area contributed by atoms with Gasteiger partial charge in [-0.3, -0.25) is 9.59 Å². The summed E-state index contributed by atoms with van der Waals surface area (Å²) in [5.74, 6) is -0.0964. The molecule has 2 aromatic carbocycles. The summed E-state index contributed by atoms with van der Waals surface area (Å²) in [5.41, 5.74) is 7.24. The number of pyridine rings is 1. The molecular weight excluding hydrogens is 320 g/mol. The Labute approximate surface area is 143 Å². The fraction of sp³-hybridized carbons (Fsp3) is 0. The fourth-order valence-electron chi connectivity index (χ4n) is 2.38. The number of phenolic OH excluding ortho intramolecular Hbond substituents is 1. The van der Waals surface area contributed by atoms with E-state index in [4.69, 9.17) is 10.5 Å². The van der Waals surface area contributed by atoms with Crippen LogP contribution >= 0.6 is 0 Å². The van der Waals surface area contributed by atoms with Crippen molar-refractivity contribution in [3.8, 4) is 28.5 Å². The maximum absolute atomic E-state index is 11.4. The summed E-state index contributed by atoms with van der Waals surface area (Å²) in [7, 11) is 0. The number of aromatic hydroxyl groups is 1. The standard InChI is InChI=1S/C19H14N2O4/c20-18(24)17-5-2-6-21-19(17)25-16-4-1-3-13(10-16)14-7-12(11-22)8-15(23)9-14/h1-11,23H,(H2,20,24). The fourth-order valence-corrected chi connectivity index (χ4v) is 2.38. The molecule has 0 saturated carbocycles. The monoisotopic (exact) mass is 334 g/mol. The van der Waals surface area contributed by atoms with Gasteiger partial charge in [0.15, 0.2) is 0 Å². The molecule has 0 saturated heterocycles. The van der Waals surface area contributed by atoms with Gasteiger partial charge in [-0.05, 0) is 53.6 Å². The minimum absolute atomic E-state index is 0.00772. The van der Waals surface area contributed by atoms with E-state index in [1.807, 2.05) is 6.07 Å². The minimum Gasteiger partial charge on any atom is -0.508 e. The summed E-state index contributed by atoms with van der Waals surface area (Å²) in [5, 5.41) is 9.74. The van der Waals surface area contributed by atoms with Gasteiger partial charge in [0.05, 0.1) is 0 Å². The minimum atomic E-state index is -0.636. The predicted octanol–water partition coefficient (Wildman–Crippen LogP) is 3.16. The zero-order valence-electron chi connectivity index (χ0n) is 13.0. The lowest BCUT2D eigenvalue weighted by atomic mass is 10.0. The maximum atomic E-state index is 11.4. The van der Waals surface area contributed by atoms with Crippen molar-refractivity contribution < 1.29 is 19.4 Å². The molecule has 0 aliphatic rings. The summed E-state index contributed by atoms with van der Waals surface area (Å²) >= 11 is 0. The van der Waals surface area contributed by atoms with E-state index in [0.717, 1.165) is 5.56 Å². The lowest BCUT2D eigenvalue weighted by Gasteiger charge is -2.10. The second kappa shape index (κ2) is 6.84. The molecule has 0 aliphatic heterocycles. The number of rotatable bonds is 5. The van der Waals surface area contributed by atoms with Crippen molar-refractivity contribution in [1.29, 1.82) is 0 Å². The molecular formula is C19H14N2O4. The molecule has 124 valence electrons. The number of benzene rings is 2. The van der Waals surface area contributed by atoms with E-state index in [2.05, 4.69) is 4.98 Å². The van der Waals surface area contributed by atoms with Crippen molar-refractivity contribution in [3.63, 3.8) is 0 Å². The molecule has 6 heteroatoms. The van der Waals surface area contributed by atoms with E-state index in [9.17, 15) is 14.7 Å². The number of phenols is 1. The Bertz CT molecular complexity index is 954. The van der Waals surface area contributed by atoms with Gasteiger partial charge in [0.1, 0.15) is 23.3 Å². The van der Waals surface area contributed by atoms with Crippen LogP contribution in [0.15, 0.2) is 60.8 Å². The van der Waals surface area contributed by atoms with E-state index in [0.29, 0.717) is 23.2 Å². The lowest BCUT2D eigenvalue weighted by molar-refractivity contribution is 0.0997. The molecule has 1 heterocycles. The number of amides is 1. The van der Waals surface area contributed by atoms with Gasteiger partial charge in [-0.1, -0.05) is 12.1 Å². The molecule has 3 N–H and O–H groups in total. The van der Waals surface area contributed by atoms with Crippen LogP contribution in [0.3, 0.4) is 0 Å². The zero-order chi connectivity index (χ0) is 17.8. The first-order valence-electron chi connectivity index (χ1n) is 7.39. The summed E-state index contributed by atoms with van der Waals surface area (Å²) in [4.78, 5) is 26.4. The maximum Gasteiger partial charge on any atom is 0.254 e. The Morgan fingerprint density at radius 2 is 1.92 bits per heavy atom. The van der Waals surface area contributed by atoms with Crippen LogP contribution in [0.5, 0.6) is 17.4 Å². The topological polar surface area (TPSA) is 103 Å². The molecule has 0 aliphatic carbocycles. The number of nitrogens with two attached hydrogens (primary N) is 1. The van der Waals surface area contributed by atoms with E-state index in [1.54, 1.807) is 36.4 Å². The Balaban J connectivity index is 1.97. The van der Waals surface area contributed by atoms with Crippen LogP contribution in [0.2, 0.25) is 0 Å². The highest BCUT2D eigenvalue weighted by molar-refractivity contribution is 5.95. The number of hydrogen-bond acceptors (Lipinski definition) is 5. The summed E-state index contributed by atoms with van der Waals surface area (Å²) in [6.07, 6.45) is 2.16. The van der Waals surface area contributed by atoms with Gasteiger partial charge in [0.25, 0.3) is 5.91 Å². The smallest absolute Gasteiger partial charge is 0.254 e. The Kier molecular flexibility index (Phi) is 4.43. The first kappa shape index (κ1) is 16.2.